The first-order valence-electron chi connectivity index (χ1n) is 10.3. The van der Waals surface area contributed by atoms with Crippen molar-refractivity contribution in [1.29, 1.82) is 0 Å². The normalized spacial score (nSPS) is 18.0. The van der Waals surface area contributed by atoms with Crippen LogP contribution in [0.3, 0.4) is 0 Å². The standard InChI is InChI=1S/C25H23O7P/c1-18(26)29-16-25(2,17-30-24(27)31-19-10-4-3-5-11-19)33(28)23-15-9-7-13-21(23)20-12-6-8-14-22(20)32-33/h3-15H,16-17H2,1-2H3. The van der Waals surface area contributed by atoms with Crippen LogP contribution in [0.15, 0.2) is 78.9 Å². The highest BCUT2D eigenvalue weighted by atomic mass is 31.2. The molecule has 8 heteroatoms. The number of fused-ring (bicyclic) bond motifs is 3. The average molecular weight is 466 g/mol. The van der Waals surface area contributed by atoms with Gasteiger partial charge < -0.3 is 18.7 Å². The maximum atomic E-state index is 14.6. The van der Waals surface area contributed by atoms with Crippen molar-refractivity contribution in [2.45, 2.75) is 19.0 Å². The van der Waals surface area contributed by atoms with Crippen LogP contribution in [0.4, 0.5) is 4.79 Å². The first kappa shape index (κ1) is 22.6. The van der Waals surface area contributed by atoms with Crippen LogP contribution in [0.25, 0.3) is 11.1 Å². The minimum atomic E-state index is -3.76. The molecule has 7 nitrogen and oxygen atoms in total. The predicted octanol–water partition coefficient (Wildman–Crippen LogP) is 5.19. The number of rotatable bonds is 6. The fourth-order valence-corrected chi connectivity index (χ4v) is 6.21. The van der Waals surface area contributed by atoms with Gasteiger partial charge in [-0.25, -0.2) is 4.79 Å². The first-order chi connectivity index (χ1) is 15.8. The van der Waals surface area contributed by atoms with Crippen molar-refractivity contribution < 1.29 is 32.9 Å². The number of hydrogen-bond donors (Lipinski definition) is 0. The van der Waals surface area contributed by atoms with Gasteiger partial charge in [-0.15, -0.1) is 0 Å². The highest BCUT2D eigenvalue weighted by Crippen LogP contribution is 2.62. The van der Waals surface area contributed by atoms with Gasteiger partial charge in [0.05, 0.1) is 5.30 Å². The van der Waals surface area contributed by atoms with Crippen molar-refractivity contribution in [3.8, 4) is 22.6 Å². The van der Waals surface area contributed by atoms with Crippen LogP contribution in [0.2, 0.25) is 0 Å². The largest absolute Gasteiger partial charge is 0.513 e. The van der Waals surface area contributed by atoms with Gasteiger partial charge in [-0.2, -0.15) is 0 Å². The molecule has 0 fully saturated rings. The Morgan fingerprint density at radius 3 is 2.18 bits per heavy atom. The Kier molecular flexibility index (Phi) is 6.25. The summed E-state index contributed by atoms with van der Waals surface area (Å²) < 4.78 is 36.5. The van der Waals surface area contributed by atoms with Crippen molar-refractivity contribution in [3.63, 3.8) is 0 Å². The molecule has 3 aromatic rings. The number of hydrogen-bond acceptors (Lipinski definition) is 7. The Labute approximate surface area is 191 Å². The van der Waals surface area contributed by atoms with E-state index in [1.807, 2.05) is 24.3 Å². The van der Waals surface area contributed by atoms with Crippen molar-refractivity contribution >= 4 is 24.8 Å². The molecule has 1 heterocycles. The lowest BCUT2D eigenvalue weighted by molar-refractivity contribution is -0.142. The molecule has 0 saturated heterocycles. The highest BCUT2D eigenvalue weighted by molar-refractivity contribution is 7.69. The van der Waals surface area contributed by atoms with Gasteiger partial charge in [0.25, 0.3) is 7.37 Å². The van der Waals surface area contributed by atoms with Crippen LogP contribution in [-0.2, 0) is 18.8 Å². The molecule has 1 aliphatic heterocycles. The molecule has 2 unspecified atom stereocenters. The summed E-state index contributed by atoms with van der Waals surface area (Å²) in [5, 5.41) is -0.906. The molecule has 170 valence electrons. The number of carbonyl (C=O) groups is 2. The molecular formula is C25H23O7P. The second kappa shape index (κ2) is 9.12. The maximum absolute atomic E-state index is 14.6. The molecule has 0 aromatic heterocycles. The van der Waals surface area contributed by atoms with Gasteiger partial charge in [-0.3, -0.25) is 9.36 Å². The molecule has 0 spiro atoms. The van der Waals surface area contributed by atoms with E-state index in [0.717, 1.165) is 11.1 Å². The Hall–Kier alpha value is -3.57. The van der Waals surface area contributed by atoms with E-state index in [4.69, 9.17) is 18.7 Å². The van der Waals surface area contributed by atoms with E-state index in [2.05, 4.69) is 0 Å². The second-order valence-electron chi connectivity index (χ2n) is 7.89. The SMILES string of the molecule is CC(=O)OCC(C)(COC(=O)Oc1ccccc1)P1(=O)Oc2ccccc2-c2ccccc21. The number of carbonyl (C=O) groups excluding carboxylic acids is 2. The second-order valence-corrected chi connectivity index (χ2v) is 10.7. The summed E-state index contributed by atoms with van der Waals surface area (Å²) in [4.78, 5) is 24.0. The molecule has 2 atom stereocenters. The lowest BCUT2D eigenvalue weighted by atomic mass is 10.0. The number of esters is 1. The fourth-order valence-electron chi connectivity index (χ4n) is 3.61. The number of para-hydroxylation sites is 2. The Bertz CT molecular complexity index is 1220. The van der Waals surface area contributed by atoms with Crippen molar-refractivity contribution in [3.05, 3.63) is 78.9 Å². The molecule has 0 amide bonds. The molecule has 4 rings (SSSR count). The van der Waals surface area contributed by atoms with E-state index in [9.17, 15) is 14.2 Å². The third-order valence-electron chi connectivity index (χ3n) is 5.37. The Morgan fingerprint density at radius 2 is 1.45 bits per heavy atom. The van der Waals surface area contributed by atoms with Gasteiger partial charge in [0.15, 0.2) is 0 Å². The minimum Gasteiger partial charge on any atom is -0.465 e. The van der Waals surface area contributed by atoms with E-state index >= 15 is 0 Å². The van der Waals surface area contributed by atoms with Crippen LogP contribution in [0.5, 0.6) is 11.5 Å². The lowest BCUT2D eigenvalue weighted by Crippen LogP contribution is -2.44. The molecule has 0 radical (unpaired) electrons. The number of ether oxygens (including phenoxy) is 3. The first-order valence-corrected chi connectivity index (χ1v) is 12.0. The van der Waals surface area contributed by atoms with E-state index < -0.39 is 24.6 Å². The van der Waals surface area contributed by atoms with E-state index in [1.54, 1.807) is 61.5 Å². The molecule has 1 aliphatic rings. The minimum absolute atomic E-state index is 0.283. The molecule has 0 aliphatic carbocycles. The quantitative estimate of drug-likeness (QED) is 0.281. The Balaban J connectivity index is 1.68. The van der Waals surface area contributed by atoms with Gasteiger partial charge in [0.1, 0.15) is 29.9 Å². The highest BCUT2D eigenvalue weighted by Gasteiger charge is 2.53. The molecule has 0 saturated carbocycles. The number of benzene rings is 3. The molecule has 3 aromatic carbocycles. The van der Waals surface area contributed by atoms with E-state index in [1.165, 1.54) is 6.92 Å². The predicted molar refractivity (Wildman–Crippen MR) is 123 cm³/mol. The topological polar surface area (TPSA) is 88.1 Å². The van der Waals surface area contributed by atoms with Crippen LogP contribution in [0.1, 0.15) is 13.8 Å². The smallest absolute Gasteiger partial charge is 0.465 e. The van der Waals surface area contributed by atoms with Crippen LogP contribution in [-0.4, -0.2) is 30.5 Å². The zero-order valence-electron chi connectivity index (χ0n) is 18.2. The van der Waals surface area contributed by atoms with Gasteiger partial charge in [-0.05, 0) is 36.8 Å². The monoisotopic (exact) mass is 466 g/mol. The van der Waals surface area contributed by atoms with Crippen LogP contribution in [0, 0.1) is 0 Å². The summed E-state index contributed by atoms with van der Waals surface area (Å²) in [6, 6.07) is 22.9. The summed E-state index contributed by atoms with van der Waals surface area (Å²) in [6.45, 7) is 2.22. The van der Waals surface area contributed by atoms with Gasteiger partial charge in [-0.1, -0.05) is 54.6 Å². The van der Waals surface area contributed by atoms with Crippen LogP contribution >= 0.6 is 7.37 Å². The van der Waals surface area contributed by atoms with E-state index in [-0.39, 0.29) is 13.2 Å². The fraction of sp³-hybridized carbons (Fsp3) is 0.200. The van der Waals surface area contributed by atoms with Crippen molar-refractivity contribution in [2.75, 3.05) is 13.2 Å². The summed E-state index contributed by atoms with van der Waals surface area (Å²) in [6.07, 6.45) is -0.965. The van der Waals surface area contributed by atoms with Gasteiger partial charge in [0.2, 0.25) is 0 Å². The molecular weight excluding hydrogens is 443 g/mol. The molecule has 0 bridgehead atoms. The maximum Gasteiger partial charge on any atom is 0.513 e. The summed E-state index contributed by atoms with van der Waals surface area (Å²) in [5.41, 5.74) is 1.56. The van der Waals surface area contributed by atoms with Crippen molar-refractivity contribution in [2.24, 2.45) is 0 Å². The summed E-state index contributed by atoms with van der Waals surface area (Å²) in [7, 11) is -3.76. The lowest BCUT2D eigenvalue weighted by Gasteiger charge is -2.39. The van der Waals surface area contributed by atoms with Crippen LogP contribution < -0.4 is 14.6 Å². The zero-order chi connectivity index (χ0) is 23.5. The Morgan fingerprint density at radius 1 is 0.848 bits per heavy atom. The summed E-state index contributed by atoms with van der Waals surface area (Å²) in [5.74, 6) is 0.204. The molecule has 33 heavy (non-hydrogen) atoms. The van der Waals surface area contributed by atoms with E-state index in [0.29, 0.717) is 16.8 Å². The zero-order valence-corrected chi connectivity index (χ0v) is 19.1. The van der Waals surface area contributed by atoms with Crippen molar-refractivity contribution in [1.82, 2.24) is 0 Å². The van der Waals surface area contributed by atoms with Gasteiger partial charge in [0, 0.05) is 12.5 Å². The third kappa shape index (κ3) is 4.50. The third-order valence-corrected chi connectivity index (χ3v) is 8.53. The summed E-state index contributed by atoms with van der Waals surface area (Å²) >= 11 is 0. The average Bonchev–Trinajstić information content (AvgIpc) is 2.82. The molecule has 0 N–H and O–H groups in total. The van der Waals surface area contributed by atoms with Gasteiger partial charge >= 0.3 is 12.1 Å².